The van der Waals surface area contributed by atoms with E-state index in [1.54, 1.807) is 11.3 Å². The van der Waals surface area contributed by atoms with Crippen molar-refractivity contribution in [3.63, 3.8) is 0 Å². The number of aryl methyl sites for hydroxylation is 2. The summed E-state index contributed by atoms with van der Waals surface area (Å²) in [5, 5.41) is 0. The molecule has 0 unspecified atom stereocenters. The molecule has 4 heteroatoms. The van der Waals surface area contributed by atoms with Crippen molar-refractivity contribution in [1.82, 2.24) is 0 Å². The number of ether oxygens (including phenoxy) is 1. The lowest BCUT2D eigenvalue weighted by Gasteiger charge is -2.13. The van der Waals surface area contributed by atoms with Gasteiger partial charge in [0.1, 0.15) is 12.4 Å². The van der Waals surface area contributed by atoms with Gasteiger partial charge in [-0.1, -0.05) is 12.1 Å². The van der Waals surface area contributed by atoms with E-state index in [0.717, 1.165) is 26.2 Å². The fourth-order valence-electron chi connectivity index (χ4n) is 1.96. The van der Waals surface area contributed by atoms with Gasteiger partial charge in [-0.15, -0.1) is 11.3 Å². The number of hydrogen-bond acceptors (Lipinski definition) is 3. The molecule has 0 bridgehead atoms. The molecule has 0 saturated carbocycles. The topological polar surface area (TPSA) is 35.2 Å². The summed E-state index contributed by atoms with van der Waals surface area (Å²) in [5.74, 6) is 0.969. The van der Waals surface area contributed by atoms with Crippen molar-refractivity contribution < 1.29 is 4.74 Å². The Morgan fingerprint density at radius 3 is 2.39 bits per heavy atom. The van der Waals surface area contributed by atoms with Crippen molar-refractivity contribution in [2.24, 2.45) is 5.73 Å². The summed E-state index contributed by atoms with van der Waals surface area (Å²) in [6, 6.07) is 8.30. The van der Waals surface area contributed by atoms with Crippen LogP contribution in [0.2, 0.25) is 0 Å². The van der Waals surface area contributed by atoms with Gasteiger partial charge in [-0.25, -0.2) is 0 Å². The molecule has 2 N–H and O–H groups in total. The monoisotopic (exact) mass is 325 g/mol. The molecule has 0 radical (unpaired) electrons. The van der Waals surface area contributed by atoms with Gasteiger partial charge in [0.25, 0.3) is 0 Å². The van der Waals surface area contributed by atoms with Crippen molar-refractivity contribution in [3.05, 3.63) is 49.6 Å². The molecule has 0 amide bonds. The number of thiophene rings is 1. The van der Waals surface area contributed by atoms with E-state index in [2.05, 4.69) is 48.0 Å². The largest absolute Gasteiger partial charge is 0.488 e. The number of nitrogens with two attached hydrogens (primary N) is 1. The average Bonchev–Trinajstić information content (AvgIpc) is 2.73. The molecule has 0 aliphatic heterocycles. The van der Waals surface area contributed by atoms with Gasteiger partial charge in [-0.2, -0.15) is 0 Å². The highest BCUT2D eigenvalue weighted by Gasteiger charge is 2.07. The summed E-state index contributed by atoms with van der Waals surface area (Å²) in [7, 11) is 0. The van der Waals surface area contributed by atoms with E-state index < -0.39 is 0 Å². The molecule has 0 saturated heterocycles. The predicted molar refractivity (Wildman–Crippen MR) is 80.2 cm³/mol. The Kier molecular flexibility index (Phi) is 4.43. The molecule has 0 spiro atoms. The molecular formula is C14H16BrNOS. The van der Waals surface area contributed by atoms with Crippen LogP contribution < -0.4 is 10.5 Å². The Morgan fingerprint density at radius 1 is 1.22 bits per heavy atom. The van der Waals surface area contributed by atoms with Crippen LogP contribution in [0.15, 0.2) is 28.1 Å². The Balaban J connectivity index is 2.14. The molecule has 2 nitrogen and oxygen atoms in total. The zero-order valence-corrected chi connectivity index (χ0v) is 12.9. The minimum Gasteiger partial charge on any atom is -0.488 e. The number of halogens is 1. The molecule has 0 aliphatic carbocycles. The smallest absolute Gasteiger partial charge is 0.125 e. The van der Waals surface area contributed by atoms with Crippen LogP contribution in [0.3, 0.4) is 0 Å². The summed E-state index contributed by atoms with van der Waals surface area (Å²) in [6.07, 6.45) is 0. The third-order valence-electron chi connectivity index (χ3n) is 2.74. The molecule has 0 aliphatic rings. The van der Waals surface area contributed by atoms with E-state index >= 15 is 0 Å². The lowest BCUT2D eigenvalue weighted by Crippen LogP contribution is -2.01. The molecule has 0 fully saturated rings. The highest BCUT2D eigenvalue weighted by Crippen LogP contribution is 2.28. The highest BCUT2D eigenvalue weighted by atomic mass is 79.9. The van der Waals surface area contributed by atoms with Crippen molar-refractivity contribution >= 4 is 27.3 Å². The maximum absolute atomic E-state index is 5.92. The average molecular weight is 326 g/mol. The van der Waals surface area contributed by atoms with E-state index in [1.165, 1.54) is 4.88 Å². The first-order chi connectivity index (χ1) is 8.60. The number of rotatable bonds is 4. The van der Waals surface area contributed by atoms with Gasteiger partial charge in [-0.3, -0.25) is 0 Å². The fourth-order valence-corrected chi connectivity index (χ4v) is 3.35. The van der Waals surface area contributed by atoms with Gasteiger partial charge in [0.05, 0.1) is 3.79 Å². The molecular weight excluding hydrogens is 310 g/mol. The first-order valence-corrected chi connectivity index (χ1v) is 7.38. The standard InChI is InChI=1S/C14H16BrNOS/c1-9-5-11(7-16)6-10(2)14(9)17-8-12-3-4-13(15)18-12/h3-6H,7-8,16H2,1-2H3. The van der Waals surface area contributed by atoms with Gasteiger partial charge in [-0.05, 0) is 58.6 Å². The normalized spacial score (nSPS) is 10.7. The van der Waals surface area contributed by atoms with E-state index in [0.29, 0.717) is 13.2 Å². The zero-order valence-electron chi connectivity index (χ0n) is 10.5. The molecule has 1 aromatic heterocycles. The van der Waals surface area contributed by atoms with Gasteiger partial charge in [0.15, 0.2) is 0 Å². The van der Waals surface area contributed by atoms with Crippen molar-refractivity contribution in [1.29, 1.82) is 0 Å². The van der Waals surface area contributed by atoms with E-state index in [4.69, 9.17) is 10.5 Å². The second-order valence-corrected chi connectivity index (χ2v) is 6.80. The van der Waals surface area contributed by atoms with E-state index in [1.807, 2.05) is 6.07 Å². The summed E-state index contributed by atoms with van der Waals surface area (Å²) in [6.45, 7) is 5.30. The second-order valence-electron chi connectivity index (χ2n) is 4.26. The Hall–Kier alpha value is -0.840. The summed E-state index contributed by atoms with van der Waals surface area (Å²) in [5.41, 5.74) is 9.10. The Morgan fingerprint density at radius 2 is 1.89 bits per heavy atom. The number of hydrogen-bond donors (Lipinski definition) is 1. The SMILES string of the molecule is Cc1cc(CN)cc(C)c1OCc1ccc(Br)s1. The third-order valence-corrected chi connectivity index (χ3v) is 4.34. The first-order valence-electron chi connectivity index (χ1n) is 5.77. The van der Waals surface area contributed by atoms with Crippen molar-refractivity contribution in [2.45, 2.75) is 27.0 Å². The summed E-state index contributed by atoms with van der Waals surface area (Å²) in [4.78, 5) is 1.21. The van der Waals surface area contributed by atoms with Crippen LogP contribution in [0, 0.1) is 13.8 Å². The second kappa shape index (κ2) is 5.87. The molecule has 2 aromatic rings. The van der Waals surface area contributed by atoms with Crippen LogP contribution in [0.25, 0.3) is 0 Å². The third kappa shape index (κ3) is 3.13. The van der Waals surface area contributed by atoms with E-state index in [9.17, 15) is 0 Å². The van der Waals surface area contributed by atoms with Crippen LogP contribution >= 0.6 is 27.3 Å². The van der Waals surface area contributed by atoms with Crippen LogP contribution in [0.1, 0.15) is 21.6 Å². The number of benzene rings is 1. The highest BCUT2D eigenvalue weighted by molar-refractivity contribution is 9.11. The van der Waals surface area contributed by atoms with Crippen LogP contribution in [-0.2, 0) is 13.2 Å². The van der Waals surface area contributed by atoms with Crippen LogP contribution in [0.4, 0.5) is 0 Å². The molecule has 18 heavy (non-hydrogen) atoms. The van der Waals surface area contributed by atoms with E-state index in [-0.39, 0.29) is 0 Å². The van der Waals surface area contributed by atoms with Gasteiger partial charge >= 0.3 is 0 Å². The molecule has 0 atom stereocenters. The maximum atomic E-state index is 5.92. The van der Waals surface area contributed by atoms with Crippen molar-refractivity contribution in [3.8, 4) is 5.75 Å². The first kappa shape index (κ1) is 13.6. The van der Waals surface area contributed by atoms with Crippen molar-refractivity contribution in [2.75, 3.05) is 0 Å². The van der Waals surface area contributed by atoms with Crippen LogP contribution in [-0.4, -0.2) is 0 Å². The molecule has 96 valence electrons. The van der Waals surface area contributed by atoms with Crippen LogP contribution in [0.5, 0.6) is 5.75 Å². The van der Waals surface area contributed by atoms with Gasteiger partial charge in [0.2, 0.25) is 0 Å². The minimum absolute atomic E-state index is 0.569. The fraction of sp³-hybridized carbons (Fsp3) is 0.286. The molecule has 2 rings (SSSR count). The Labute approximate surface area is 120 Å². The zero-order chi connectivity index (χ0) is 13.1. The summed E-state index contributed by atoms with van der Waals surface area (Å²) >= 11 is 5.15. The quantitative estimate of drug-likeness (QED) is 0.915. The minimum atomic E-state index is 0.569. The lowest BCUT2D eigenvalue weighted by molar-refractivity contribution is 0.305. The van der Waals surface area contributed by atoms with Gasteiger partial charge in [0, 0.05) is 11.4 Å². The summed E-state index contributed by atoms with van der Waals surface area (Å²) < 4.78 is 7.05. The maximum Gasteiger partial charge on any atom is 0.125 e. The predicted octanol–water partition coefficient (Wildman–Crippen LogP) is 4.17. The molecule has 1 aromatic carbocycles. The van der Waals surface area contributed by atoms with Gasteiger partial charge < -0.3 is 10.5 Å². The lowest BCUT2D eigenvalue weighted by atomic mass is 10.1. The Bertz CT molecular complexity index is 527. The molecule has 1 heterocycles.